The summed E-state index contributed by atoms with van der Waals surface area (Å²) in [7, 11) is 0. The number of rotatable bonds is 3. The summed E-state index contributed by atoms with van der Waals surface area (Å²) in [5.74, 6) is -0.0741. The van der Waals surface area contributed by atoms with E-state index in [2.05, 4.69) is 17.4 Å². The molecule has 2 fully saturated rings. The van der Waals surface area contributed by atoms with Gasteiger partial charge in [-0.3, -0.25) is 9.59 Å². The minimum atomic E-state index is -0.577. The predicted octanol–water partition coefficient (Wildman–Crippen LogP) is 0.906. The van der Waals surface area contributed by atoms with Crippen LogP contribution in [0.15, 0.2) is 24.3 Å². The molecule has 2 N–H and O–H groups in total. The van der Waals surface area contributed by atoms with Gasteiger partial charge in [-0.15, -0.1) is 0 Å². The number of ether oxygens (including phenoxy) is 1. The number of morpholine rings is 1. The average Bonchev–Trinajstić information content (AvgIpc) is 3.14. The van der Waals surface area contributed by atoms with Crippen molar-refractivity contribution in [1.82, 2.24) is 10.2 Å². The number of aliphatic hydroxyl groups excluding tert-OH is 1. The molecule has 1 saturated heterocycles. The maximum absolute atomic E-state index is 12.8. The second-order valence-corrected chi connectivity index (χ2v) is 8.00. The molecule has 2 amide bonds. The quantitative estimate of drug-likeness (QED) is 0.827. The Hall–Kier alpha value is -1.92. The van der Waals surface area contributed by atoms with Crippen LogP contribution < -0.4 is 5.32 Å². The molecule has 6 heteroatoms. The lowest BCUT2D eigenvalue weighted by atomic mass is 9.82. The van der Waals surface area contributed by atoms with Crippen LogP contribution in [0.25, 0.3) is 0 Å². The molecule has 0 radical (unpaired) electrons. The van der Waals surface area contributed by atoms with Gasteiger partial charge in [0.25, 0.3) is 0 Å². The second-order valence-electron chi connectivity index (χ2n) is 8.00. The number of hydrogen-bond donors (Lipinski definition) is 2. The van der Waals surface area contributed by atoms with Crippen molar-refractivity contribution < 1.29 is 19.4 Å². The molecular weight excluding hydrogens is 344 g/mol. The Morgan fingerprint density at radius 2 is 1.70 bits per heavy atom. The number of carbonyl (C=O) groups excluding carboxylic acids is 2. The summed E-state index contributed by atoms with van der Waals surface area (Å²) in [5.41, 5.74) is 2.48. The van der Waals surface area contributed by atoms with Crippen molar-refractivity contribution in [3.8, 4) is 0 Å². The summed E-state index contributed by atoms with van der Waals surface area (Å²) in [6.45, 7) is 2.44. The third-order valence-electron chi connectivity index (χ3n) is 6.24. The van der Waals surface area contributed by atoms with Crippen molar-refractivity contribution in [3.63, 3.8) is 0 Å². The number of hydrogen-bond acceptors (Lipinski definition) is 4. The fourth-order valence-corrected chi connectivity index (χ4v) is 4.62. The molecule has 146 valence electrons. The number of nitrogens with one attached hydrogen (secondary N) is 1. The Morgan fingerprint density at radius 3 is 2.37 bits per heavy atom. The van der Waals surface area contributed by atoms with Crippen LogP contribution in [0.4, 0.5) is 0 Å². The monoisotopic (exact) mass is 372 g/mol. The van der Waals surface area contributed by atoms with Gasteiger partial charge in [0.1, 0.15) is 0 Å². The van der Waals surface area contributed by atoms with Crippen LogP contribution in [-0.4, -0.2) is 60.3 Å². The zero-order valence-corrected chi connectivity index (χ0v) is 15.6. The minimum Gasteiger partial charge on any atom is -0.391 e. The summed E-state index contributed by atoms with van der Waals surface area (Å²) in [5, 5.41) is 13.4. The molecule has 0 bridgehead atoms. The molecule has 4 rings (SSSR count). The SMILES string of the molecule is O=C(N[C@@H]1C[C@@H](C(=O)N2CCOCC2)CC[C@H]1O)C1Cc2ccccc2C1. The van der Waals surface area contributed by atoms with E-state index in [0.29, 0.717) is 45.6 Å². The van der Waals surface area contributed by atoms with Crippen LogP contribution in [0.1, 0.15) is 30.4 Å². The zero-order chi connectivity index (χ0) is 18.8. The van der Waals surface area contributed by atoms with Crippen molar-refractivity contribution in [2.24, 2.45) is 11.8 Å². The van der Waals surface area contributed by atoms with E-state index in [4.69, 9.17) is 4.74 Å². The highest BCUT2D eigenvalue weighted by Crippen LogP contribution is 2.29. The molecule has 1 aromatic rings. The predicted molar refractivity (Wildman–Crippen MR) is 100 cm³/mol. The molecule has 1 saturated carbocycles. The van der Waals surface area contributed by atoms with E-state index in [1.54, 1.807) is 0 Å². The van der Waals surface area contributed by atoms with Gasteiger partial charge >= 0.3 is 0 Å². The summed E-state index contributed by atoms with van der Waals surface area (Å²) in [6, 6.07) is 7.83. The Morgan fingerprint density at radius 1 is 1.04 bits per heavy atom. The summed E-state index contributed by atoms with van der Waals surface area (Å²) in [4.78, 5) is 27.4. The normalized spacial score (nSPS) is 28.6. The highest BCUT2D eigenvalue weighted by Gasteiger charge is 2.37. The van der Waals surface area contributed by atoms with Gasteiger partial charge in [0, 0.05) is 24.9 Å². The van der Waals surface area contributed by atoms with Crippen molar-refractivity contribution >= 4 is 11.8 Å². The van der Waals surface area contributed by atoms with Crippen molar-refractivity contribution in [1.29, 1.82) is 0 Å². The molecule has 0 unspecified atom stereocenters. The third kappa shape index (κ3) is 4.01. The zero-order valence-electron chi connectivity index (χ0n) is 15.6. The second kappa shape index (κ2) is 7.98. The molecule has 1 heterocycles. The Kier molecular flexibility index (Phi) is 5.45. The fraction of sp³-hybridized carbons (Fsp3) is 0.619. The highest BCUT2D eigenvalue weighted by atomic mass is 16.5. The van der Waals surface area contributed by atoms with Gasteiger partial charge in [0.2, 0.25) is 11.8 Å². The standard InChI is InChI=1S/C21H28N2O4/c24-19-6-5-16(21(26)23-7-9-27-10-8-23)13-18(19)22-20(25)17-11-14-3-1-2-4-15(14)12-17/h1-4,16-19,24H,5-13H2,(H,22,25)/t16-,18+,19+/m0/s1. The molecule has 0 spiro atoms. The Labute approximate surface area is 159 Å². The van der Waals surface area contributed by atoms with E-state index < -0.39 is 6.10 Å². The van der Waals surface area contributed by atoms with E-state index in [9.17, 15) is 14.7 Å². The number of nitrogens with zero attached hydrogens (tertiary/aromatic N) is 1. The summed E-state index contributed by atoms with van der Waals surface area (Å²) >= 11 is 0. The molecule has 3 aliphatic rings. The van der Waals surface area contributed by atoms with Crippen LogP contribution in [0.2, 0.25) is 0 Å². The first-order valence-corrected chi connectivity index (χ1v) is 10.0. The molecule has 0 aromatic heterocycles. The topological polar surface area (TPSA) is 78.9 Å². The Bertz CT molecular complexity index is 676. The molecule has 6 nitrogen and oxygen atoms in total. The van der Waals surface area contributed by atoms with Gasteiger partial charge < -0.3 is 20.1 Å². The van der Waals surface area contributed by atoms with Gasteiger partial charge in [-0.05, 0) is 43.2 Å². The van der Waals surface area contributed by atoms with Crippen LogP contribution in [-0.2, 0) is 27.2 Å². The molecule has 2 aliphatic carbocycles. The van der Waals surface area contributed by atoms with E-state index >= 15 is 0 Å². The number of aliphatic hydroxyl groups is 1. The largest absolute Gasteiger partial charge is 0.391 e. The number of amides is 2. The maximum atomic E-state index is 12.8. The third-order valence-corrected chi connectivity index (χ3v) is 6.24. The molecule has 1 aliphatic heterocycles. The minimum absolute atomic E-state index is 0.00489. The van der Waals surface area contributed by atoms with Crippen molar-refractivity contribution in [2.75, 3.05) is 26.3 Å². The van der Waals surface area contributed by atoms with Gasteiger partial charge in [-0.1, -0.05) is 24.3 Å². The van der Waals surface area contributed by atoms with E-state index in [1.165, 1.54) is 11.1 Å². The highest BCUT2D eigenvalue weighted by molar-refractivity contribution is 5.81. The smallest absolute Gasteiger partial charge is 0.225 e. The first-order chi connectivity index (χ1) is 13.1. The fourth-order valence-electron chi connectivity index (χ4n) is 4.62. The van der Waals surface area contributed by atoms with Crippen molar-refractivity contribution in [2.45, 2.75) is 44.2 Å². The van der Waals surface area contributed by atoms with Crippen LogP contribution in [0.3, 0.4) is 0 Å². The molecule has 3 atom stereocenters. The maximum Gasteiger partial charge on any atom is 0.225 e. The van der Waals surface area contributed by atoms with E-state index in [0.717, 1.165) is 12.8 Å². The van der Waals surface area contributed by atoms with Crippen LogP contribution in [0.5, 0.6) is 0 Å². The lowest BCUT2D eigenvalue weighted by Gasteiger charge is -2.37. The average molecular weight is 372 g/mol. The van der Waals surface area contributed by atoms with Gasteiger partial charge in [-0.2, -0.15) is 0 Å². The summed E-state index contributed by atoms with van der Waals surface area (Å²) < 4.78 is 5.32. The lowest BCUT2D eigenvalue weighted by molar-refractivity contribution is -0.142. The molecule has 1 aromatic carbocycles. The summed E-state index contributed by atoms with van der Waals surface area (Å²) in [6.07, 6.45) is 2.67. The number of carbonyl (C=O) groups is 2. The van der Waals surface area contributed by atoms with Gasteiger partial charge in [0.05, 0.1) is 25.4 Å². The van der Waals surface area contributed by atoms with E-state index in [-0.39, 0.29) is 29.7 Å². The lowest BCUT2D eigenvalue weighted by Crippen LogP contribution is -2.52. The first-order valence-electron chi connectivity index (χ1n) is 10.0. The van der Waals surface area contributed by atoms with Crippen LogP contribution >= 0.6 is 0 Å². The molecular formula is C21H28N2O4. The van der Waals surface area contributed by atoms with Gasteiger partial charge in [0.15, 0.2) is 0 Å². The Balaban J connectivity index is 1.35. The number of benzene rings is 1. The van der Waals surface area contributed by atoms with E-state index in [1.807, 2.05) is 17.0 Å². The first kappa shape index (κ1) is 18.4. The van der Waals surface area contributed by atoms with Crippen LogP contribution in [0, 0.1) is 11.8 Å². The van der Waals surface area contributed by atoms with Gasteiger partial charge in [-0.25, -0.2) is 0 Å². The van der Waals surface area contributed by atoms with Crippen molar-refractivity contribution in [3.05, 3.63) is 35.4 Å². The molecule has 27 heavy (non-hydrogen) atoms. The number of fused-ring (bicyclic) bond motifs is 1.